The molecule has 5 aromatic carbocycles. The molecule has 0 bridgehead atoms. The van der Waals surface area contributed by atoms with Crippen LogP contribution in [-0.2, 0) is 11.3 Å². The van der Waals surface area contributed by atoms with Crippen LogP contribution >= 0.6 is 0 Å². The van der Waals surface area contributed by atoms with Crippen molar-refractivity contribution < 1.29 is 14.5 Å². The standard InChI is InChI=1S/C44H36N2O2.C3H6/c47-44(48)30-45-27-26-35(37-14-7-8-16-41(37)45)22-18-31-21-25-43-40(29-31)38-15-9-17-42(38)46(43)36-23-19-32(20-24-36)28-39(33-10-3-1-4-11-33)34-12-5-2-6-13-34;1-3-2/h1-8,10-14,16,18-29,38,42H,9,15,17,30H2;3H,1H2,2H3/p+1. The van der Waals surface area contributed by atoms with Crippen LogP contribution in [0.4, 0.5) is 11.4 Å². The Morgan fingerprint density at radius 2 is 1.45 bits per heavy atom. The summed E-state index contributed by atoms with van der Waals surface area (Å²) >= 11 is 0. The highest BCUT2D eigenvalue weighted by Crippen LogP contribution is 2.52. The van der Waals surface area contributed by atoms with Crippen molar-refractivity contribution in [3.05, 3.63) is 186 Å². The first-order valence-electron chi connectivity index (χ1n) is 17.8. The maximum atomic E-state index is 11.4. The van der Waals surface area contributed by atoms with Gasteiger partial charge in [-0.05, 0) is 95.1 Å². The van der Waals surface area contributed by atoms with E-state index in [0.717, 1.165) is 16.5 Å². The molecule has 0 spiro atoms. The van der Waals surface area contributed by atoms with Crippen molar-refractivity contribution in [2.45, 2.75) is 44.7 Å². The summed E-state index contributed by atoms with van der Waals surface area (Å²) < 4.78 is 1.79. The first-order valence-corrected chi connectivity index (χ1v) is 17.8. The van der Waals surface area contributed by atoms with Gasteiger partial charge in [0.2, 0.25) is 12.1 Å². The van der Waals surface area contributed by atoms with Crippen LogP contribution in [0.1, 0.15) is 65.5 Å². The lowest BCUT2D eigenvalue weighted by molar-refractivity contribution is -0.660. The monoisotopic (exact) mass is 667 g/mol. The molecule has 51 heavy (non-hydrogen) atoms. The summed E-state index contributed by atoms with van der Waals surface area (Å²) in [7, 11) is 0. The Hall–Kier alpha value is -6.00. The largest absolute Gasteiger partial charge is 0.477 e. The van der Waals surface area contributed by atoms with E-state index in [1.54, 1.807) is 10.6 Å². The summed E-state index contributed by atoms with van der Waals surface area (Å²) in [6.07, 6.45) is 13.9. The highest BCUT2D eigenvalue weighted by Gasteiger charge is 2.42. The zero-order valence-corrected chi connectivity index (χ0v) is 29.0. The van der Waals surface area contributed by atoms with E-state index in [2.05, 4.69) is 139 Å². The molecular weight excluding hydrogens is 625 g/mol. The van der Waals surface area contributed by atoms with Gasteiger partial charge in [0.15, 0.2) is 6.20 Å². The van der Waals surface area contributed by atoms with Gasteiger partial charge in [0, 0.05) is 35.5 Å². The van der Waals surface area contributed by atoms with Gasteiger partial charge in [-0.25, -0.2) is 4.79 Å². The Labute approximate surface area is 301 Å². The van der Waals surface area contributed by atoms with E-state index in [9.17, 15) is 9.90 Å². The first kappa shape index (κ1) is 33.5. The molecular formula is C47H43N2O2+. The van der Waals surface area contributed by atoms with Crippen LogP contribution in [0.15, 0.2) is 152 Å². The minimum absolute atomic E-state index is 0.0593. The van der Waals surface area contributed by atoms with Crippen LogP contribution in [0.25, 0.3) is 34.7 Å². The number of rotatable bonds is 8. The molecule has 2 heterocycles. The number of para-hydroxylation sites is 1. The van der Waals surface area contributed by atoms with Crippen molar-refractivity contribution in [1.82, 2.24) is 0 Å². The van der Waals surface area contributed by atoms with E-state index < -0.39 is 5.97 Å². The molecule has 2 atom stereocenters. The summed E-state index contributed by atoms with van der Waals surface area (Å²) in [6.45, 7) is 5.19. The number of carboxylic acid groups (broad SMARTS) is 1. The molecule has 1 fully saturated rings. The number of nitrogens with zero attached hydrogens (tertiary/aromatic N) is 2. The number of allylic oxidation sites excluding steroid dienone is 1. The Bertz CT molecular complexity index is 2180. The summed E-state index contributed by atoms with van der Waals surface area (Å²) in [5.74, 6) is -0.317. The van der Waals surface area contributed by atoms with Gasteiger partial charge in [-0.3, -0.25) is 0 Å². The highest BCUT2D eigenvalue weighted by atomic mass is 16.4. The molecule has 8 rings (SSSR count). The lowest BCUT2D eigenvalue weighted by Gasteiger charge is -2.27. The van der Waals surface area contributed by atoms with Gasteiger partial charge >= 0.3 is 5.97 Å². The average Bonchev–Trinajstić information content (AvgIpc) is 3.76. The fourth-order valence-electron chi connectivity index (χ4n) is 7.70. The van der Waals surface area contributed by atoms with Crippen molar-refractivity contribution >= 4 is 52.0 Å². The number of benzene rings is 5. The molecule has 1 saturated carbocycles. The average molecular weight is 668 g/mol. The SMILES string of the molecule is C=CC.O=C(O)C[n+]1ccc(/C=C/c2ccc3c(c2)C2CCCC2N3c2ccc(C=C(c3ccccc3)c3ccccc3)cc2)c2ccccc21. The van der Waals surface area contributed by atoms with Crippen LogP contribution in [-0.4, -0.2) is 17.1 Å². The predicted molar refractivity (Wildman–Crippen MR) is 212 cm³/mol. The van der Waals surface area contributed by atoms with Gasteiger partial charge in [-0.1, -0.05) is 116 Å². The van der Waals surface area contributed by atoms with Crippen LogP contribution in [0.3, 0.4) is 0 Å². The maximum absolute atomic E-state index is 11.4. The number of aromatic nitrogens is 1. The van der Waals surface area contributed by atoms with Gasteiger partial charge < -0.3 is 10.0 Å². The lowest BCUT2D eigenvalue weighted by Crippen LogP contribution is -2.38. The van der Waals surface area contributed by atoms with Crippen molar-refractivity contribution in [2.75, 3.05) is 4.90 Å². The number of carboxylic acids is 1. The van der Waals surface area contributed by atoms with Crippen molar-refractivity contribution in [3.8, 4) is 0 Å². The maximum Gasteiger partial charge on any atom is 0.370 e. The van der Waals surface area contributed by atoms with E-state index in [1.165, 1.54) is 64.0 Å². The predicted octanol–water partition coefficient (Wildman–Crippen LogP) is 11.0. The Morgan fingerprint density at radius 1 is 0.804 bits per heavy atom. The van der Waals surface area contributed by atoms with E-state index in [-0.39, 0.29) is 6.54 Å². The molecule has 0 saturated heterocycles. The number of hydrogen-bond acceptors (Lipinski definition) is 2. The Kier molecular flexibility index (Phi) is 10.0. The van der Waals surface area contributed by atoms with E-state index in [1.807, 2.05) is 37.4 Å². The summed E-state index contributed by atoms with van der Waals surface area (Å²) in [5.41, 5.74) is 12.0. The third kappa shape index (κ3) is 7.18. The molecule has 6 aromatic rings. The molecule has 1 aliphatic carbocycles. The normalized spacial score (nSPS) is 15.9. The van der Waals surface area contributed by atoms with Crippen molar-refractivity contribution in [2.24, 2.45) is 0 Å². The quantitative estimate of drug-likeness (QED) is 0.0998. The third-order valence-corrected chi connectivity index (χ3v) is 9.89. The molecule has 2 unspecified atom stereocenters. The highest BCUT2D eigenvalue weighted by molar-refractivity contribution is 5.92. The molecule has 4 nitrogen and oxygen atoms in total. The molecule has 2 aliphatic rings. The van der Waals surface area contributed by atoms with Crippen LogP contribution in [0.5, 0.6) is 0 Å². The topological polar surface area (TPSA) is 44.4 Å². The molecule has 1 aliphatic heterocycles. The molecule has 0 radical (unpaired) electrons. The van der Waals surface area contributed by atoms with Crippen LogP contribution in [0.2, 0.25) is 0 Å². The molecule has 0 amide bonds. The lowest BCUT2D eigenvalue weighted by atomic mass is 9.95. The third-order valence-electron chi connectivity index (χ3n) is 9.89. The summed E-state index contributed by atoms with van der Waals surface area (Å²) in [6, 6.07) is 47.7. The zero-order chi connectivity index (χ0) is 35.2. The zero-order valence-electron chi connectivity index (χ0n) is 29.0. The van der Waals surface area contributed by atoms with Crippen LogP contribution < -0.4 is 9.47 Å². The Morgan fingerprint density at radius 3 is 2.14 bits per heavy atom. The van der Waals surface area contributed by atoms with Gasteiger partial charge in [0.25, 0.3) is 0 Å². The second-order valence-electron chi connectivity index (χ2n) is 13.2. The molecule has 4 heteroatoms. The number of hydrogen-bond donors (Lipinski definition) is 1. The Balaban J connectivity index is 0.00000131. The fraction of sp³-hybridized carbons (Fsp3) is 0.149. The molecule has 1 N–H and O–H groups in total. The van der Waals surface area contributed by atoms with E-state index >= 15 is 0 Å². The molecule has 1 aromatic heterocycles. The fourth-order valence-corrected chi connectivity index (χ4v) is 7.70. The minimum atomic E-state index is -0.848. The van der Waals surface area contributed by atoms with Crippen molar-refractivity contribution in [1.29, 1.82) is 0 Å². The molecule has 252 valence electrons. The minimum Gasteiger partial charge on any atom is -0.477 e. The van der Waals surface area contributed by atoms with Gasteiger partial charge in [0.05, 0.1) is 5.39 Å². The number of anilines is 2. The smallest absolute Gasteiger partial charge is 0.370 e. The van der Waals surface area contributed by atoms with E-state index in [4.69, 9.17) is 0 Å². The van der Waals surface area contributed by atoms with Gasteiger partial charge in [-0.2, -0.15) is 4.57 Å². The number of carbonyl (C=O) groups is 1. The van der Waals surface area contributed by atoms with Crippen molar-refractivity contribution in [3.63, 3.8) is 0 Å². The van der Waals surface area contributed by atoms with Gasteiger partial charge in [0.1, 0.15) is 0 Å². The first-order chi connectivity index (χ1) is 25.0. The number of fused-ring (bicyclic) bond motifs is 4. The van der Waals surface area contributed by atoms with Crippen LogP contribution in [0, 0.1) is 0 Å². The number of aliphatic carboxylic acids is 1. The van der Waals surface area contributed by atoms with E-state index in [0.29, 0.717) is 12.0 Å². The summed E-state index contributed by atoms with van der Waals surface area (Å²) in [5, 5.41) is 10.4. The second-order valence-corrected chi connectivity index (χ2v) is 13.2. The summed E-state index contributed by atoms with van der Waals surface area (Å²) in [4.78, 5) is 14.0. The number of pyridine rings is 1. The second kappa shape index (κ2) is 15.3. The van der Waals surface area contributed by atoms with Gasteiger partial charge in [-0.15, -0.1) is 6.58 Å².